The maximum absolute atomic E-state index is 4.93. The van der Waals surface area contributed by atoms with Crippen molar-refractivity contribution in [1.29, 1.82) is 0 Å². The summed E-state index contributed by atoms with van der Waals surface area (Å²) in [7, 11) is 0. The van der Waals surface area contributed by atoms with Crippen LogP contribution in [0.4, 0.5) is 0 Å². The fourth-order valence-corrected chi connectivity index (χ4v) is 5.14. The molecule has 1 N–H and O–H groups in total. The van der Waals surface area contributed by atoms with Crippen LogP contribution >= 0.6 is 23.3 Å². The summed E-state index contributed by atoms with van der Waals surface area (Å²) in [5, 5.41) is 1.13. The molecule has 0 saturated carbocycles. The minimum absolute atomic E-state index is 0.139. The first kappa shape index (κ1) is 22.5. The second-order valence-corrected chi connectivity index (χ2v) is 9.23. The first-order valence-corrected chi connectivity index (χ1v) is 12.1. The minimum atomic E-state index is 0.139. The van der Waals surface area contributed by atoms with Crippen LogP contribution in [0, 0.1) is 12.8 Å². The lowest BCUT2D eigenvalue weighted by molar-refractivity contribution is 0.667. The van der Waals surface area contributed by atoms with E-state index in [1.54, 1.807) is 23.3 Å². The van der Waals surface area contributed by atoms with Gasteiger partial charge in [-0.05, 0) is 72.2 Å². The number of rotatable bonds is 6. The zero-order valence-electron chi connectivity index (χ0n) is 18.2. The molecule has 156 valence electrons. The minimum Gasteiger partial charge on any atom is -0.250 e. The number of nitrogens with zero attached hydrogens (tertiary/aromatic N) is 1. The number of fused-ring (bicyclic) bond motifs is 1. The van der Waals surface area contributed by atoms with Gasteiger partial charge in [-0.2, -0.15) is 0 Å². The highest BCUT2D eigenvalue weighted by Crippen LogP contribution is 2.34. The highest BCUT2D eigenvalue weighted by Gasteiger charge is 2.19. The molecule has 1 aliphatic rings. The lowest BCUT2D eigenvalue weighted by Gasteiger charge is -2.20. The van der Waals surface area contributed by atoms with Crippen LogP contribution in [0.15, 0.2) is 89.4 Å². The Labute approximate surface area is 189 Å². The first-order valence-electron chi connectivity index (χ1n) is 10.5. The molecule has 30 heavy (non-hydrogen) atoms. The molecule has 4 heteroatoms. The first-order chi connectivity index (χ1) is 14.6. The molecule has 2 atom stereocenters. The Morgan fingerprint density at radius 3 is 2.67 bits per heavy atom. The molecular weight excluding hydrogens is 404 g/mol. The Morgan fingerprint density at radius 2 is 1.93 bits per heavy atom. The van der Waals surface area contributed by atoms with Gasteiger partial charge >= 0.3 is 0 Å². The second-order valence-electron chi connectivity index (χ2n) is 7.25. The molecule has 2 unspecified atom stereocenters. The summed E-state index contributed by atoms with van der Waals surface area (Å²) in [5.41, 5.74) is 4.82. The highest BCUT2D eigenvalue weighted by atomic mass is 32.2. The predicted octanol–water partition coefficient (Wildman–Crippen LogP) is 8.05. The molecule has 2 nitrogen and oxygen atoms in total. The van der Waals surface area contributed by atoms with Crippen LogP contribution in [0.2, 0.25) is 0 Å². The number of thiazole rings is 1. The lowest BCUT2D eigenvalue weighted by atomic mass is 9.91. The molecular formula is C26H30N2S2. The van der Waals surface area contributed by atoms with E-state index in [1.807, 2.05) is 19.9 Å². The van der Waals surface area contributed by atoms with Crippen molar-refractivity contribution in [1.82, 2.24) is 9.71 Å². The molecule has 0 spiro atoms. The van der Waals surface area contributed by atoms with Crippen molar-refractivity contribution in [3.63, 3.8) is 0 Å². The summed E-state index contributed by atoms with van der Waals surface area (Å²) in [6.07, 6.45) is 7.59. The smallest absolute Gasteiger partial charge is 0.112 e. The average Bonchev–Trinajstić information content (AvgIpc) is 3.19. The fraction of sp³-hybridized carbons (Fsp3) is 0.269. The van der Waals surface area contributed by atoms with E-state index in [4.69, 9.17) is 4.98 Å². The van der Waals surface area contributed by atoms with E-state index in [2.05, 4.69) is 85.8 Å². The Hall–Kier alpha value is -2.14. The van der Waals surface area contributed by atoms with Gasteiger partial charge in [0.1, 0.15) is 5.01 Å². The average molecular weight is 435 g/mol. The highest BCUT2D eigenvalue weighted by molar-refractivity contribution is 7.97. The summed E-state index contributed by atoms with van der Waals surface area (Å²) in [6.45, 7) is 12.5. The predicted molar refractivity (Wildman–Crippen MR) is 134 cm³/mol. The second kappa shape index (κ2) is 10.8. The van der Waals surface area contributed by atoms with Crippen molar-refractivity contribution in [3.8, 4) is 0 Å². The van der Waals surface area contributed by atoms with E-state index in [-0.39, 0.29) is 6.04 Å². The number of allylic oxidation sites excluding steroid dienone is 4. The van der Waals surface area contributed by atoms with Gasteiger partial charge in [-0.25, -0.2) is 9.71 Å². The summed E-state index contributed by atoms with van der Waals surface area (Å²) in [5.74, 6) is 0.416. The zero-order chi connectivity index (χ0) is 21.5. The Morgan fingerprint density at radius 1 is 1.17 bits per heavy atom. The van der Waals surface area contributed by atoms with Crippen LogP contribution in [-0.2, 0) is 0 Å². The van der Waals surface area contributed by atoms with Gasteiger partial charge in [0.05, 0.1) is 16.3 Å². The molecule has 0 radical (unpaired) electrons. The Balaban J connectivity index is 0.00000124. The molecule has 3 aromatic rings. The third-order valence-corrected chi connectivity index (χ3v) is 6.96. The standard InChI is InChI=1S/C24H24N2S2.C2H6/c1-16-9-12-21-23(13-16)27-24(25-21)22(26-28-20-7-5-4-6-8-20)15-19-11-10-17(2)18(3)14-19;1-2/h4-14,17,22,26H,3,15H2,1-2H3;1-2H3. The molecule has 2 aromatic carbocycles. The molecule has 0 saturated heterocycles. The van der Waals surface area contributed by atoms with Crippen molar-refractivity contribution in [3.05, 3.63) is 95.1 Å². The molecule has 4 rings (SSSR count). The summed E-state index contributed by atoms with van der Waals surface area (Å²) >= 11 is 3.45. The Bertz CT molecular complexity index is 1050. The zero-order valence-corrected chi connectivity index (χ0v) is 19.8. The van der Waals surface area contributed by atoms with Gasteiger partial charge in [0.25, 0.3) is 0 Å². The number of aromatic nitrogens is 1. The van der Waals surface area contributed by atoms with Crippen LogP contribution in [0.3, 0.4) is 0 Å². The van der Waals surface area contributed by atoms with Gasteiger partial charge < -0.3 is 0 Å². The van der Waals surface area contributed by atoms with Crippen LogP contribution in [0.1, 0.15) is 43.8 Å². The number of nitrogens with one attached hydrogen (secondary N) is 1. The number of aryl methyl sites for hydroxylation is 1. The SMILES string of the molecule is C=C1C=C(CC(NSc2ccccc2)c2nc3ccc(C)cc3s2)C=CC1C.CC. The van der Waals surface area contributed by atoms with Gasteiger partial charge in [-0.3, -0.25) is 0 Å². The normalized spacial score (nSPS) is 16.7. The molecule has 0 amide bonds. The molecule has 0 fully saturated rings. The van der Waals surface area contributed by atoms with Crippen LogP contribution in [-0.4, -0.2) is 4.98 Å². The van der Waals surface area contributed by atoms with Crippen molar-refractivity contribution in [2.45, 2.75) is 45.1 Å². The number of hydrogen-bond acceptors (Lipinski definition) is 4. The molecule has 0 bridgehead atoms. The number of hydrogen-bond donors (Lipinski definition) is 1. The van der Waals surface area contributed by atoms with Gasteiger partial charge in [-0.1, -0.05) is 69.8 Å². The van der Waals surface area contributed by atoms with Gasteiger partial charge in [0, 0.05) is 4.90 Å². The van der Waals surface area contributed by atoms with Gasteiger partial charge in [0.2, 0.25) is 0 Å². The van der Waals surface area contributed by atoms with Crippen molar-refractivity contribution < 1.29 is 0 Å². The van der Waals surface area contributed by atoms with E-state index >= 15 is 0 Å². The van der Waals surface area contributed by atoms with Gasteiger partial charge in [-0.15, -0.1) is 11.3 Å². The third kappa shape index (κ3) is 5.72. The van der Waals surface area contributed by atoms with Crippen molar-refractivity contribution >= 4 is 33.5 Å². The monoisotopic (exact) mass is 434 g/mol. The van der Waals surface area contributed by atoms with Crippen LogP contribution < -0.4 is 4.72 Å². The summed E-state index contributed by atoms with van der Waals surface area (Å²) in [6, 6.07) is 17.0. The molecule has 1 heterocycles. The van der Waals surface area contributed by atoms with Gasteiger partial charge in [0.15, 0.2) is 0 Å². The van der Waals surface area contributed by atoms with Crippen LogP contribution in [0.5, 0.6) is 0 Å². The maximum atomic E-state index is 4.93. The van der Waals surface area contributed by atoms with E-state index in [9.17, 15) is 0 Å². The van der Waals surface area contributed by atoms with Crippen LogP contribution in [0.25, 0.3) is 10.2 Å². The maximum Gasteiger partial charge on any atom is 0.112 e. The molecule has 1 aromatic heterocycles. The van der Waals surface area contributed by atoms with E-state index < -0.39 is 0 Å². The summed E-state index contributed by atoms with van der Waals surface area (Å²) in [4.78, 5) is 6.14. The fourth-order valence-electron chi connectivity index (χ4n) is 3.18. The Kier molecular flexibility index (Phi) is 8.08. The van der Waals surface area contributed by atoms with E-state index in [0.29, 0.717) is 5.92 Å². The third-order valence-electron chi connectivity index (χ3n) is 4.92. The van der Waals surface area contributed by atoms with E-state index in [1.165, 1.54) is 26.3 Å². The number of benzene rings is 2. The topological polar surface area (TPSA) is 24.9 Å². The molecule has 0 aliphatic heterocycles. The summed E-state index contributed by atoms with van der Waals surface area (Å²) < 4.78 is 4.91. The molecule has 1 aliphatic carbocycles. The quantitative estimate of drug-likeness (QED) is 0.397. The largest absolute Gasteiger partial charge is 0.250 e. The lowest BCUT2D eigenvalue weighted by Crippen LogP contribution is -2.15. The van der Waals surface area contributed by atoms with Crippen molar-refractivity contribution in [2.75, 3.05) is 0 Å². The van der Waals surface area contributed by atoms with E-state index in [0.717, 1.165) is 16.9 Å². The van der Waals surface area contributed by atoms with Crippen molar-refractivity contribution in [2.24, 2.45) is 5.92 Å².